The van der Waals surface area contributed by atoms with Crippen molar-refractivity contribution in [3.63, 3.8) is 0 Å². The van der Waals surface area contributed by atoms with Crippen LogP contribution in [0, 0.1) is 0 Å². The normalized spacial score (nSPS) is 18.3. The van der Waals surface area contributed by atoms with Crippen molar-refractivity contribution in [3.8, 4) is 0 Å². The lowest BCUT2D eigenvalue weighted by Crippen LogP contribution is -2.37. The number of carbonyl (C=O) groups is 1. The van der Waals surface area contributed by atoms with Crippen LogP contribution in [-0.4, -0.2) is 59.6 Å². The summed E-state index contributed by atoms with van der Waals surface area (Å²) in [5.41, 5.74) is 0.571. The van der Waals surface area contributed by atoms with Crippen molar-refractivity contribution in [2.24, 2.45) is 0 Å². The zero-order valence-corrected chi connectivity index (χ0v) is 13.2. The lowest BCUT2D eigenvalue weighted by atomic mass is 10.2. The van der Waals surface area contributed by atoms with Gasteiger partial charge in [-0.3, -0.25) is 9.69 Å². The Labute approximate surface area is 131 Å². The fraction of sp³-hybridized carbons (Fsp3) is 0.562. The van der Waals surface area contributed by atoms with Crippen molar-refractivity contribution in [2.75, 3.05) is 32.7 Å². The molecule has 0 radical (unpaired) electrons. The second-order valence-corrected chi connectivity index (χ2v) is 5.90. The van der Waals surface area contributed by atoms with Crippen LogP contribution in [0.15, 0.2) is 24.3 Å². The van der Waals surface area contributed by atoms with E-state index in [1.807, 2.05) is 24.0 Å². The highest BCUT2D eigenvalue weighted by molar-refractivity contribution is 6.33. The van der Waals surface area contributed by atoms with Crippen molar-refractivity contribution in [3.05, 3.63) is 34.9 Å². The second-order valence-electron chi connectivity index (χ2n) is 5.49. The first-order chi connectivity index (χ1) is 10.1. The second kappa shape index (κ2) is 7.78. The first-order valence-corrected chi connectivity index (χ1v) is 7.93. The molecular weight excluding hydrogens is 288 g/mol. The van der Waals surface area contributed by atoms with Gasteiger partial charge in [0.2, 0.25) is 0 Å². The summed E-state index contributed by atoms with van der Waals surface area (Å²) in [7, 11) is 0. The average molecular weight is 311 g/mol. The van der Waals surface area contributed by atoms with Crippen molar-refractivity contribution in [2.45, 2.75) is 25.9 Å². The number of β-amino-alcohol motifs (C(OH)–C–C–N with tert-alkyl or cyclic N) is 1. The molecule has 1 aliphatic heterocycles. The molecular formula is C16H23ClN2O2. The minimum absolute atomic E-state index is 0.00140. The maximum atomic E-state index is 12.5. The lowest BCUT2D eigenvalue weighted by molar-refractivity contribution is 0.0754. The number of halogens is 1. The molecule has 1 unspecified atom stereocenters. The van der Waals surface area contributed by atoms with E-state index in [-0.39, 0.29) is 12.0 Å². The molecule has 116 valence electrons. The quantitative estimate of drug-likeness (QED) is 0.927. The van der Waals surface area contributed by atoms with Crippen molar-refractivity contribution < 1.29 is 9.90 Å². The third-order valence-electron chi connectivity index (χ3n) is 3.92. The monoisotopic (exact) mass is 310 g/mol. The van der Waals surface area contributed by atoms with Gasteiger partial charge in [-0.2, -0.15) is 0 Å². The Kier molecular flexibility index (Phi) is 6.03. The Bertz CT molecular complexity index is 481. The van der Waals surface area contributed by atoms with Crippen LogP contribution >= 0.6 is 11.6 Å². The first-order valence-electron chi connectivity index (χ1n) is 7.56. The molecule has 0 bridgehead atoms. The van der Waals surface area contributed by atoms with E-state index in [2.05, 4.69) is 4.90 Å². The van der Waals surface area contributed by atoms with Crippen LogP contribution in [0.5, 0.6) is 0 Å². The minimum atomic E-state index is -0.282. The summed E-state index contributed by atoms with van der Waals surface area (Å²) >= 11 is 6.10. The van der Waals surface area contributed by atoms with Gasteiger partial charge in [0.25, 0.3) is 5.91 Å². The molecule has 1 aliphatic rings. The molecule has 4 nitrogen and oxygen atoms in total. The average Bonchev–Trinajstić information content (AvgIpc) is 2.72. The van der Waals surface area contributed by atoms with Crippen molar-refractivity contribution >= 4 is 17.5 Å². The van der Waals surface area contributed by atoms with Gasteiger partial charge in [-0.25, -0.2) is 0 Å². The molecule has 1 amide bonds. The van der Waals surface area contributed by atoms with Gasteiger partial charge in [0.05, 0.1) is 16.7 Å². The predicted octanol–water partition coefficient (Wildman–Crippen LogP) is 2.26. The van der Waals surface area contributed by atoms with Crippen molar-refractivity contribution in [1.82, 2.24) is 9.80 Å². The van der Waals surface area contributed by atoms with Gasteiger partial charge < -0.3 is 10.0 Å². The molecule has 1 heterocycles. The lowest BCUT2D eigenvalue weighted by Gasteiger charge is -2.23. The van der Waals surface area contributed by atoms with Crippen LogP contribution in [0.3, 0.4) is 0 Å². The summed E-state index contributed by atoms with van der Waals surface area (Å²) in [6.45, 7) is 5.81. The van der Waals surface area contributed by atoms with E-state index in [1.54, 1.807) is 12.1 Å². The maximum absolute atomic E-state index is 12.5. The number of nitrogens with zero attached hydrogens (tertiary/aromatic N) is 2. The molecule has 1 aromatic carbocycles. The third-order valence-corrected chi connectivity index (χ3v) is 4.25. The molecule has 1 aromatic rings. The summed E-state index contributed by atoms with van der Waals surface area (Å²) in [5, 5.41) is 10.3. The molecule has 5 heteroatoms. The molecule has 0 aliphatic carbocycles. The summed E-state index contributed by atoms with van der Waals surface area (Å²) in [4.78, 5) is 16.6. The van der Waals surface area contributed by atoms with E-state index >= 15 is 0 Å². The van der Waals surface area contributed by atoms with E-state index in [1.165, 1.54) is 0 Å². The van der Waals surface area contributed by atoms with E-state index in [9.17, 15) is 9.90 Å². The number of benzene rings is 1. The minimum Gasteiger partial charge on any atom is -0.392 e. The number of aliphatic hydroxyl groups is 1. The number of aliphatic hydroxyl groups excluding tert-OH is 1. The Morgan fingerprint density at radius 2 is 2.05 bits per heavy atom. The molecule has 1 atom stereocenters. The summed E-state index contributed by atoms with van der Waals surface area (Å²) < 4.78 is 0. The number of hydrogen-bond donors (Lipinski definition) is 1. The molecule has 2 rings (SSSR count). The van der Waals surface area contributed by atoms with Crippen LogP contribution < -0.4 is 0 Å². The molecule has 1 fully saturated rings. The first kappa shape index (κ1) is 16.3. The Balaban J connectivity index is 1.97. The molecule has 1 N–H and O–H groups in total. The van der Waals surface area contributed by atoms with Gasteiger partial charge in [-0.05, 0) is 31.5 Å². The largest absolute Gasteiger partial charge is 0.392 e. The van der Waals surface area contributed by atoms with Gasteiger partial charge in [-0.15, -0.1) is 0 Å². The Morgan fingerprint density at radius 3 is 2.76 bits per heavy atom. The number of rotatable bonds is 4. The van der Waals surface area contributed by atoms with E-state index in [0.29, 0.717) is 23.7 Å². The zero-order valence-electron chi connectivity index (χ0n) is 12.5. The van der Waals surface area contributed by atoms with E-state index in [0.717, 1.165) is 32.5 Å². The van der Waals surface area contributed by atoms with E-state index < -0.39 is 0 Å². The Morgan fingerprint density at radius 1 is 1.29 bits per heavy atom. The SMILES string of the molecule is CCC(O)CN1CCCN(C(=O)c2ccccc2Cl)CC1. The van der Waals surface area contributed by atoms with Gasteiger partial charge in [0, 0.05) is 26.2 Å². The van der Waals surface area contributed by atoms with Crippen LogP contribution in [0.1, 0.15) is 30.1 Å². The number of hydrogen-bond acceptors (Lipinski definition) is 3. The standard InChI is InChI=1S/C16H23ClN2O2/c1-2-13(20)12-18-8-5-9-19(11-10-18)16(21)14-6-3-4-7-15(14)17/h3-4,6-7,13,20H,2,5,8-12H2,1H3. The highest BCUT2D eigenvalue weighted by Gasteiger charge is 2.22. The molecule has 0 spiro atoms. The maximum Gasteiger partial charge on any atom is 0.255 e. The highest BCUT2D eigenvalue weighted by atomic mass is 35.5. The molecule has 21 heavy (non-hydrogen) atoms. The third kappa shape index (κ3) is 4.43. The fourth-order valence-electron chi connectivity index (χ4n) is 2.59. The summed E-state index contributed by atoms with van der Waals surface area (Å²) in [6.07, 6.45) is 1.40. The van der Waals surface area contributed by atoms with Gasteiger partial charge in [0.1, 0.15) is 0 Å². The predicted molar refractivity (Wildman–Crippen MR) is 84.7 cm³/mol. The van der Waals surface area contributed by atoms with Crippen LogP contribution in [0.25, 0.3) is 0 Å². The summed E-state index contributed by atoms with van der Waals surface area (Å²) in [6, 6.07) is 7.18. The number of carbonyl (C=O) groups excluding carboxylic acids is 1. The van der Waals surface area contributed by atoms with Crippen molar-refractivity contribution in [1.29, 1.82) is 0 Å². The van der Waals surface area contributed by atoms with Crippen LogP contribution in [0.4, 0.5) is 0 Å². The zero-order chi connectivity index (χ0) is 15.2. The van der Waals surface area contributed by atoms with E-state index in [4.69, 9.17) is 11.6 Å². The van der Waals surface area contributed by atoms with Gasteiger partial charge in [-0.1, -0.05) is 30.7 Å². The van der Waals surface area contributed by atoms with Crippen LogP contribution in [-0.2, 0) is 0 Å². The topological polar surface area (TPSA) is 43.8 Å². The smallest absolute Gasteiger partial charge is 0.255 e. The van der Waals surface area contributed by atoms with Crippen LogP contribution in [0.2, 0.25) is 5.02 Å². The van der Waals surface area contributed by atoms with Gasteiger partial charge >= 0.3 is 0 Å². The summed E-state index contributed by atoms with van der Waals surface area (Å²) in [5.74, 6) is -0.00140. The molecule has 0 saturated carbocycles. The van der Waals surface area contributed by atoms with Gasteiger partial charge in [0.15, 0.2) is 0 Å². The molecule has 1 saturated heterocycles. The fourth-order valence-corrected chi connectivity index (χ4v) is 2.81. The highest BCUT2D eigenvalue weighted by Crippen LogP contribution is 2.18. The Hall–Kier alpha value is -1.10. The number of amides is 1. The molecule has 0 aromatic heterocycles.